The van der Waals surface area contributed by atoms with E-state index in [0.29, 0.717) is 6.61 Å². The Balaban J connectivity index is 2.68. The second-order valence-electron chi connectivity index (χ2n) is 5.63. The Bertz CT molecular complexity index is 444. The summed E-state index contributed by atoms with van der Waals surface area (Å²) in [6, 6.07) is 5.10. The maximum atomic E-state index is 12.3. The van der Waals surface area contributed by atoms with Gasteiger partial charge in [-0.25, -0.2) is 0 Å². The predicted molar refractivity (Wildman–Crippen MR) is 75.9 cm³/mol. The van der Waals surface area contributed by atoms with Crippen LogP contribution in [0.15, 0.2) is 18.2 Å². The fraction of sp³-hybridized carbons (Fsp3) is 0.538. The molecule has 0 radical (unpaired) electrons. The van der Waals surface area contributed by atoms with Crippen molar-refractivity contribution in [3.8, 4) is 5.75 Å². The third-order valence-corrected chi connectivity index (χ3v) is 4.60. The summed E-state index contributed by atoms with van der Waals surface area (Å²) in [4.78, 5) is 0. The SMILES string of the molecule is C[Si](C)(C)CCOCc1c(Cl)cccc1OC(F)(F)F. The second kappa shape index (κ2) is 6.82. The molecule has 20 heavy (non-hydrogen) atoms. The number of hydrogen-bond acceptors (Lipinski definition) is 2. The van der Waals surface area contributed by atoms with Crippen molar-refractivity contribution in [2.24, 2.45) is 0 Å². The summed E-state index contributed by atoms with van der Waals surface area (Å²) in [6.07, 6.45) is -4.74. The van der Waals surface area contributed by atoms with Gasteiger partial charge in [-0.15, -0.1) is 13.2 Å². The summed E-state index contributed by atoms with van der Waals surface area (Å²) in [5.74, 6) is -0.307. The lowest BCUT2D eigenvalue weighted by Crippen LogP contribution is -2.22. The van der Waals surface area contributed by atoms with Crippen LogP contribution in [0, 0.1) is 0 Å². The van der Waals surface area contributed by atoms with Gasteiger partial charge in [-0.1, -0.05) is 37.3 Å². The van der Waals surface area contributed by atoms with Crippen molar-refractivity contribution in [1.29, 1.82) is 0 Å². The van der Waals surface area contributed by atoms with Crippen molar-refractivity contribution >= 4 is 19.7 Å². The third-order valence-electron chi connectivity index (χ3n) is 2.54. The number of hydrogen-bond donors (Lipinski definition) is 0. The van der Waals surface area contributed by atoms with Gasteiger partial charge in [0.15, 0.2) is 0 Å². The number of ether oxygens (including phenoxy) is 2. The van der Waals surface area contributed by atoms with Gasteiger partial charge < -0.3 is 9.47 Å². The van der Waals surface area contributed by atoms with Gasteiger partial charge in [0, 0.05) is 25.3 Å². The highest BCUT2D eigenvalue weighted by Gasteiger charge is 2.32. The van der Waals surface area contributed by atoms with Crippen LogP contribution in [0.2, 0.25) is 30.7 Å². The van der Waals surface area contributed by atoms with Crippen molar-refractivity contribution in [3.05, 3.63) is 28.8 Å². The van der Waals surface area contributed by atoms with Crippen LogP contribution >= 0.6 is 11.6 Å². The van der Waals surface area contributed by atoms with Crippen molar-refractivity contribution in [3.63, 3.8) is 0 Å². The van der Waals surface area contributed by atoms with Crippen LogP contribution in [-0.2, 0) is 11.3 Å². The van der Waals surface area contributed by atoms with E-state index < -0.39 is 14.4 Å². The number of halogens is 4. The largest absolute Gasteiger partial charge is 0.573 e. The van der Waals surface area contributed by atoms with E-state index in [1.165, 1.54) is 18.2 Å². The van der Waals surface area contributed by atoms with Crippen LogP contribution in [0.4, 0.5) is 13.2 Å². The van der Waals surface area contributed by atoms with Crippen LogP contribution in [0.25, 0.3) is 0 Å². The average Bonchev–Trinajstić information content (AvgIpc) is 2.23. The molecule has 0 saturated carbocycles. The molecule has 0 aliphatic rings. The molecule has 114 valence electrons. The van der Waals surface area contributed by atoms with Gasteiger partial charge >= 0.3 is 6.36 Å². The quantitative estimate of drug-likeness (QED) is 0.535. The topological polar surface area (TPSA) is 18.5 Å². The van der Waals surface area contributed by atoms with Gasteiger partial charge in [-0.05, 0) is 18.2 Å². The molecule has 0 heterocycles. The molecule has 1 rings (SSSR count). The van der Waals surface area contributed by atoms with Crippen LogP contribution < -0.4 is 4.74 Å². The molecule has 0 amide bonds. The van der Waals surface area contributed by atoms with E-state index >= 15 is 0 Å². The minimum atomic E-state index is -4.74. The molecule has 0 aromatic heterocycles. The predicted octanol–water partition coefficient (Wildman–Crippen LogP) is 5.09. The lowest BCUT2D eigenvalue weighted by molar-refractivity contribution is -0.275. The average molecular weight is 327 g/mol. The molecule has 0 aliphatic heterocycles. The lowest BCUT2D eigenvalue weighted by Gasteiger charge is -2.17. The first-order valence-electron chi connectivity index (χ1n) is 6.19. The number of rotatable bonds is 6. The molecular formula is C13H18ClF3O2Si. The summed E-state index contributed by atoms with van der Waals surface area (Å²) in [5.41, 5.74) is 0.224. The standard InChI is InChI=1S/C13H18ClF3O2Si/c1-20(2,3)8-7-18-9-10-11(14)5-4-6-12(10)19-13(15,16)17/h4-6H,7-9H2,1-3H3. The fourth-order valence-corrected chi connectivity index (χ4v) is 2.43. The minimum absolute atomic E-state index is 0.00949. The summed E-state index contributed by atoms with van der Waals surface area (Å²) in [5, 5.41) is 0.208. The van der Waals surface area contributed by atoms with Gasteiger partial charge in [0.2, 0.25) is 0 Å². The Morgan fingerprint density at radius 2 is 1.85 bits per heavy atom. The van der Waals surface area contributed by atoms with Gasteiger partial charge in [0.1, 0.15) is 5.75 Å². The third kappa shape index (κ3) is 6.63. The van der Waals surface area contributed by atoms with Gasteiger partial charge in [-0.3, -0.25) is 0 Å². The number of benzene rings is 1. The van der Waals surface area contributed by atoms with E-state index in [4.69, 9.17) is 16.3 Å². The van der Waals surface area contributed by atoms with Gasteiger partial charge in [-0.2, -0.15) is 0 Å². The minimum Gasteiger partial charge on any atom is -0.405 e. The molecule has 1 aromatic rings. The Morgan fingerprint density at radius 3 is 2.40 bits per heavy atom. The van der Waals surface area contributed by atoms with Crippen LogP contribution in [0.1, 0.15) is 5.56 Å². The fourth-order valence-electron chi connectivity index (χ4n) is 1.45. The lowest BCUT2D eigenvalue weighted by atomic mass is 10.2. The van der Waals surface area contributed by atoms with Crippen LogP contribution in [0.3, 0.4) is 0 Å². The zero-order valence-corrected chi connectivity index (χ0v) is 13.4. The Morgan fingerprint density at radius 1 is 1.20 bits per heavy atom. The first kappa shape index (κ1) is 17.3. The van der Waals surface area contributed by atoms with Crippen molar-refractivity contribution in [1.82, 2.24) is 0 Å². The summed E-state index contributed by atoms with van der Waals surface area (Å²) < 4.78 is 46.3. The van der Waals surface area contributed by atoms with E-state index in [1.807, 2.05) is 0 Å². The second-order valence-corrected chi connectivity index (χ2v) is 11.7. The zero-order valence-electron chi connectivity index (χ0n) is 11.7. The smallest absolute Gasteiger partial charge is 0.405 e. The molecule has 0 spiro atoms. The number of alkyl halides is 3. The molecule has 0 saturated heterocycles. The normalized spacial score (nSPS) is 12.6. The Hall–Kier alpha value is -0.723. The van der Waals surface area contributed by atoms with E-state index in [1.54, 1.807) is 0 Å². The molecule has 0 bridgehead atoms. The zero-order chi connectivity index (χ0) is 15.4. The first-order chi connectivity index (χ1) is 9.08. The van der Waals surface area contributed by atoms with Crippen molar-refractivity contribution in [2.75, 3.05) is 6.61 Å². The summed E-state index contributed by atoms with van der Waals surface area (Å²) in [7, 11) is -1.23. The highest BCUT2D eigenvalue weighted by atomic mass is 35.5. The molecule has 7 heteroatoms. The molecule has 0 aliphatic carbocycles. The summed E-state index contributed by atoms with van der Waals surface area (Å²) in [6.45, 7) is 7.11. The molecular weight excluding hydrogens is 309 g/mol. The Kier molecular flexibility index (Phi) is 5.91. The van der Waals surface area contributed by atoms with Crippen molar-refractivity contribution < 1.29 is 22.6 Å². The molecule has 0 unspecified atom stereocenters. The maximum absolute atomic E-state index is 12.3. The molecule has 0 fully saturated rings. The van der Waals surface area contributed by atoms with E-state index in [-0.39, 0.29) is 22.9 Å². The molecule has 0 atom stereocenters. The van der Waals surface area contributed by atoms with Gasteiger partial charge in [0.05, 0.1) is 6.61 Å². The first-order valence-corrected chi connectivity index (χ1v) is 10.3. The highest BCUT2D eigenvalue weighted by molar-refractivity contribution is 6.76. The molecule has 2 nitrogen and oxygen atoms in total. The molecule has 1 aromatic carbocycles. The van der Waals surface area contributed by atoms with E-state index in [9.17, 15) is 13.2 Å². The van der Waals surface area contributed by atoms with Crippen molar-refractivity contribution in [2.45, 2.75) is 38.7 Å². The highest BCUT2D eigenvalue weighted by Crippen LogP contribution is 2.31. The van der Waals surface area contributed by atoms with Crippen LogP contribution in [0.5, 0.6) is 5.75 Å². The van der Waals surface area contributed by atoms with Gasteiger partial charge in [0.25, 0.3) is 0 Å². The van der Waals surface area contributed by atoms with E-state index in [0.717, 1.165) is 6.04 Å². The van der Waals surface area contributed by atoms with E-state index in [2.05, 4.69) is 24.4 Å². The monoisotopic (exact) mass is 326 g/mol. The summed E-state index contributed by atoms with van der Waals surface area (Å²) >= 11 is 5.91. The maximum Gasteiger partial charge on any atom is 0.573 e. The molecule has 0 N–H and O–H groups in total. The Labute approximate surface area is 122 Å². The van der Waals surface area contributed by atoms with Crippen LogP contribution in [-0.4, -0.2) is 21.0 Å².